The Bertz CT molecular complexity index is 802. The summed E-state index contributed by atoms with van der Waals surface area (Å²) in [6, 6.07) is 8.13. The van der Waals surface area contributed by atoms with Crippen molar-refractivity contribution in [2.45, 2.75) is 25.6 Å². The first-order chi connectivity index (χ1) is 11.8. The molecule has 2 aromatic carbocycles. The summed E-state index contributed by atoms with van der Waals surface area (Å²) in [6.07, 6.45) is -4.17. The van der Waals surface area contributed by atoms with E-state index in [0.29, 0.717) is 11.8 Å². The number of amides is 1. The number of fused-ring (bicyclic) bond motifs is 1. The zero-order valence-electron chi connectivity index (χ0n) is 13.2. The van der Waals surface area contributed by atoms with Gasteiger partial charge in [0, 0.05) is 12.2 Å². The molecule has 0 saturated carbocycles. The van der Waals surface area contributed by atoms with Gasteiger partial charge in [-0.1, -0.05) is 18.2 Å². The van der Waals surface area contributed by atoms with Crippen LogP contribution in [0.25, 0.3) is 0 Å². The second-order valence-corrected chi connectivity index (χ2v) is 5.91. The highest BCUT2D eigenvalue weighted by atomic mass is 19.4. The molecule has 1 aliphatic rings. The zero-order chi connectivity index (χ0) is 18.0. The Morgan fingerprint density at radius 1 is 1.20 bits per heavy atom. The van der Waals surface area contributed by atoms with Crippen LogP contribution in [0.4, 0.5) is 23.2 Å². The van der Waals surface area contributed by atoms with Gasteiger partial charge in [0.25, 0.3) is 0 Å². The van der Waals surface area contributed by atoms with Crippen molar-refractivity contribution in [1.29, 1.82) is 0 Å². The molecule has 1 aliphatic heterocycles. The van der Waals surface area contributed by atoms with Crippen molar-refractivity contribution < 1.29 is 22.4 Å². The molecule has 0 aromatic heterocycles. The number of alkyl halides is 3. The second-order valence-electron chi connectivity index (χ2n) is 5.91. The number of anilines is 1. The van der Waals surface area contributed by atoms with Gasteiger partial charge in [0.2, 0.25) is 5.91 Å². The second kappa shape index (κ2) is 6.84. The van der Waals surface area contributed by atoms with Crippen LogP contribution in [0.5, 0.6) is 0 Å². The lowest BCUT2D eigenvalue weighted by molar-refractivity contribution is -0.140. The number of carbonyl (C=O) groups is 1. The number of rotatable bonds is 3. The van der Waals surface area contributed by atoms with E-state index in [-0.39, 0.29) is 12.0 Å². The molecule has 1 heterocycles. The standard InChI is InChI=1S/C18H16F4N2O/c19-15-8-11(4-5-14(15)18(20,21)22)9-17(25)24-16-3-1-2-12-10-23-7-6-13(12)16/h1-5,8,23H,6-7,9-10H2,(H,24,25). The molecule has 3 nitrogen and oxygen atoms in total. The molecular formula is C18H16F4N2O. The first-order valence-corrected chi connectivity index (χ1v) is 7.81. The Morgan fingerprint density at radius 3 is 2.72 bits per heavy atom. The lowest BCUT2D eigenvalue weighted by Gasteiger charge is -2.20. The SMILES string of the molecule is O=C(Cc1ccc(C(F)(F)F)c(F)c1)Nc1cccc2c1CCNC2. The summed E-state index contributed by atoms with van der Waals surface area (Å²) in [7, 11) is 0. The Kier molecular flexibility index (Phi) is 4.76. The van der Waals surface area contributed by atoms with Gasteiger partial charge in [-0.05, 0) is 47.9 Å². The number of hydrogen-bond donors (Lipinski definition) is 2. The highest BCUT2D eigenvalue weighted by Crippen LogP contribution is 2.31. The Balaban J connectivity index is 1.72. The van der Waals surface area contributed by atoms with E-state index < -0.39 is 23.5 Å². The van der Waals surface area contributed by atoms with Crippen LogP contribution in [-0.2, 0) is 30.4 Å². The molecule has 7 heteroatoms. The van der Waals surface area contributed by atoms with E-state index in [4.69, 9.17) is 0 Å². The van der Waals surface area contributed by atoms with Crippen LogP contribution in [0.15, 0.2) is 36.4 Å². The molecule has 0 fully saturated rings. The Hall–Kier alpha value is -2.41. The largest absolute Gasteiger partial charge is 0.419 e. The van der Waals surface area contributed by atoms with Crippen LogP contribution in [0.1, 0.15) is 22.3 Å². The predicted molar refractivity (Wildman–Crippen MR) is 85.6 cm³/mol. The minimum Gasteiger partial charge on any atom is -0.326 e. The minimum atomic E-state index is -4.75. The van der Waals surface area contributed by atoms with Crippen molar-refractivity contribution in [1.82, 2.24) is 5.32 Å². The molecule has 0 radical (unpaired) electrons. The van der Waals surface area contributed by atoms with Crippen LogP contribution in [-0.4, -0.2) is 12.5 Å². The monoisotopic (exact) mass is 352 g/mol. The number of hydrogen-bond acceptors (Lipinski definition) is 2. The number of benzene rings is 2. The normalized spacial score (nSPS) is 14.1. The fraction of sp³-hybridized carbons (Fsp3) is 0.278. The van der Waals surface area contributed by atoms with Gasteiger partial charge in [-0.25, -0.2) is 4.39 Å². The molecule has 0 spiro atoms. The third-order valence-corrected chi connectivity index (χ3v) is 4.12. The number of carbonyl (C=O) groups excluding carboxylic acids is 1. The van der Waals surface area contributed by atoms with E-state index >= 15 is 0 Å². The summed E-state index contributed by atoms with van der Waals surface area (Å²) in [5, 5.41) is 6.01. The van der Waals surface area contributed by atoms with E-state index in [1.807, 2.05) is 12.1 Å². The molecule has 1 amide bonds. The fourth-order valence-corrected chi connectivity index (χ4v) is 2.93. The van der Waals surface area contributed by atoms with E-state index in [2.05, 4.69) is 10.6 Å². The molecule has 0 aliphatic carbocycles. The summed E-state index contributed by atoms with van der Waals surface area (Å²) >= 11 is 0. The lowest BCUT2D eigenvalue weighted by Crippen LogP contribution is -2.25. The average molecular weight is 352 g/mol. The fourth-order valence-electron chi connectivity index (χ4n) is 2.93. The first-order valence-electron chi connectivity index (χ1n) is 7.81. The summed E-state index contributed by atoms with van der Waals surface area (Å²) in [4.78, 5) is 12.2. The summed E-state index contributed by atoms with van der Waals surface area (Å²) < 4.78 is 51.3. The average Bonchev–Trinajstić information content (AvgIpc) is 2.54. The van der Waals surface area contributed by atoms with Crippen LogP contribution < -0.4 is 10.6 Å². The van der Waals surface area contributed by atoms with E-state index in [1.165, 1.54) is 0 Å². The van der Waals surface area contributed by atoms with Gasteiger partial charge in [-0.2, -0.15) is 13.2 Å². The van der Waals surface area contributed by atoms with Gasteiger partial charge >= 0.3 is 6.18 Å². The first kappa shape index (κ1) is 17.4. The van der Waals surface area contributed by atoms with Crippen LogP contribution in [0, 0.1) is 5.82 Å². The molecule has 0 bridgehead atoms. The smallest absolute Gasteiger partial charge is 0.326 e. The van der Waals surface area contributed by atoms with E-state index in [1.54, 1.807) is 6.07 Å². The van der Waals surface area contributed by atoms with Gasteiger partial charge in [0.15, 0.2) is 0 Å². The minimum absolute atomic E-state index is 0.189. The van der Waals surface area contributed by atoms with Gasteiger partial charge in [-0.3, -0.25) is 4.79 Å². The van der Waals surface area contributed by atoms with Crippen molar-refractivity contribution in [2.75, 3.05) is 11.9 Å². The highest BCUT2D eigenvalue weighted by Gasteiger charge is 2.33. The third kappa shape index (κ3) is 3.99. The third-order valence-electron chi connectivity index (χ3n) is 4.12. The van der Waals surface area contributed by atoms with Crippen molar-refractivity contribution in [3.63, 3.8) is 0 Å². The zero-order valence-corrected chi connectivity index (χ0v) is 13.2. The number of nitrogens with one attached hydrogen (secondary N) is 2. The Morgan fingerprint density at radius 2 is 2.00 bits per heavy atom. The van der Waals surface area contributed by atoms with Crippen LogP contribution in [0.2, 0.25) is 0 Å². The summed E-state index contributed by atoms with van der Waals surface area (Å²) in [5.74, 6) is -1.77. The molecule has 25 heavy (non-hydrogen) atoms. The number of halogens is 4. The van der Waals surface area contributed by atoms with Crippen molar-refractivity contribution in [2.24, 2.45) is 0 Å². The maximum Gasteiger partial charge on any atom is 0.419 e. The topological polar surface area (TPSA) is 41.1 Å². The van der Waals surface area contributed by atoms with Gasteiger partial charge in [0.05, 0.1) is 12.0 Å². The van der Waals surface area contributed by atoms with Gasteiger partial charge in [0.1, 0.15) is 5.82 Å². The molecule has 0 atom stereocenters. The molecule has 0 saturated heterocycles. The molecule has 2 N–H and O–H groups in total. The van der Waals surface area contributed by atoms with Crippen molar-refractivity contribution in [3.8, 4) is 0 Å². The quantitative estimate of drug-likeness (QED) is 0.828. The Labute approximate surface area is 142 Å². The van der Waals surface area contributed by atoms with E-state index in [9.17, 15) is 22.4 Å². The maximum absolute atomic E-state index is 13.6. The predicted octanol–water partition coefficient (Wildman–Crippen LogP) is 3.67. The van der Waals surface area contributed by atoms with Gasteiger partial charge < -0.3 is 10.6 Å². The van der Waals surface area contributed by atoms with Crippen molar-refractivity contribution >= 4 is 11.6 Å². The molecular weight excluding hydrogens is 336 g/mol. The molecule has 2 aromatic rings. The molecule has 3 rings (SSSR count). The lowest BCUT2D eigenvalue weighted by atomic mass is 9.99. The van der Waals surface area contributed by atoms with Crippen molar-refractivity contribution in [3.05, 3.63) is 64.5 Å². The van der Waals surface area contributed by atoms with Crippen LogP contribution in [0.3, 0.4) is 0 Å². The van der Waals surface area contributed by atoms with Gasteiger partial charge in [-0.15, -0.1) is 0 Å². The highest BCUT2D eigenvalue weighted by molar-refractivity contribution is 5.93. The molecule has 132 valence electrons. The van der Waals surface area contributed by atoms with E-state index in [0.717, 1.165) is 42.8 Å². The van der Waals surface area contributed by atoms with Crippen LogP contribution >= 0.6 is 0 Å². The summed E-state index contributed by atoms with van der Waals surface area (Å²) in [6.45, 7) is 1.53. The maximum atomic E-state index is 13.6. The summed E-state index contributed by atoms with van der Waals surface area (Å²) in [5.41, 5.74) is 1.70. The molecule has 0 unspecified atom stereocenters.